The van der Waals surface area contributed by atoms with E-state index in [1.807, 2.05) is 6.92 Å². The smallest absolute Gasteiger partial charge is 0.266 e. The molecule has 0 aliphatic carbocycles. The lowest BCUT2D eigenvalue weighted by Crippen LogP contribution is -2.41. The lowest BCUT2D eigenvalue weighted by molar-refractivity contribution is 0.0944. The van der Waals surface area contributed by atoms with Crippen molar-refractivity contribution in [1.29, 1.82) is 0 Å². The van der Waals surface area contributed by atoms with Gasteiger partial charge >= 0.3 is 0 Å². The van der Waals surface area contributed by atoms with Gasteiger partial charge in [-0.05, 0) is 43.7 Å². The Morgan fingerprint density at radius 2 is 1.79 bits per heavy atom. The third kappa shape index (κ3) is 3.19. The van der Waals surface area contributed by atoms with Crippen LogP contribution in [-0.4, -0.2) is 21.1 Å². The fourth-order valence-corrected chi connectivity index (χ4v) is 3.45. The molecule has 2 aromatic rings. The number of ether oxygens (including phenoxy) is 2. The van der Waals surface area contributed by atoms with E-state index in [0.717, 1.165) is 5.56 Å². The number of fused-ring (bicyclic) bond motifs is 1. The number of hydrogen-bond donors (Lipinski definition) is 2. The third-order valence-corrected chi connectivity index (χ3v) is 4.96. The Hall–Kier alpha value is -2.58. The molecule has 2 N–H and O–H groups in total. The van der Waals surface area contributed by atoms with Crippen molar-refractivity contribution in [3.05, 3.63) is 53.1 Å². The molecule has 8 heteroatoms. The Balaban J connectivity index is 1.73. The van der Waals surface area contributed by atoms with E-state index in [2.05, 4.69) is 10.3 Å². The molecule has 0 unspecified atom stereocenters. The second-order valence-corrected chi connectivity index (χ2v) is 7.05. The number of aryl methyl sites for hydroxylation is 2. The van der Waals surface area contributed by atoms with E-state index in [-0.39, 0.29) is 17.3 Å². The zero-order valence-electron chi connectivity index (χ0n) is 13.1. The first kappa shape index (κ1) is 16.3. The number of hydrogen-bond acceptors (Lipinski definition) is 5. The molecule has 0 saturated heterocycles. The number of carbonyl (C=O) groups is 1. The number of sulfonamides is 1. The predicted molar refractivity (Wildman–Crippen MR) is 86.3 cm³/mol. The van der Waals surface area contributed by atoms with Crippen LogP contribution in [0.3, 0.4) is 0 Å². The van der Waals surface area contributed by atoms with Gasteiger partial charge in [0.15, 0.2) is 11.5 Å². The van der Waals surface area contributed by atoms with E-state index in [1.165, 1.54) is 18.2 Å². The normalized spacial score (nSPS) is 12.9. The van der Waals surface area contributed by atoms with Gasteiger partial charge in [-0.3, -0.25) is 10.2 Å². The zero-order valence-corrected chi connectivity index (χ0v) is 13.9. The highest BCUT2D eigenvalue weighted by Crippen LogP contribution is 2.32. The van der Waals surface area contributed by atoms with Crippen LogP contribution in [0.25, 0.3) is 0 Å². The van der Waals surface area contributed by atoms with Crippen LogP contribution in [0.4, 0.5) is 0 Å². The molecule has 24 heavy (non-hydrogen) atoms. The van der Waals surface area contributed by atoms with Crippen molar-refractivity contribution in [1.82, 2.24) is 10.3 Å². The topological polar surface area (TPSA) is 93.7 Å². The van der Waals surface area contributed by atoms with Gasteiger partial charge in [-0.15, -0.1) is 4.83 Å². The molecule has 1 aliphatic rings. The van der Waals surface area contributed by atoms with Gasteiger partial charge in [0.05, 0.1) is 4.90 Å². The van der Waals surface area contributed by atoms with E-state index in [4.69, 9.17) is 9.47 Å². The largest absolute Gasteiger partial charge is 0.454 e. The molecular formula is C16H16N2O5S. The summed E-state index contributed by atoms with van der Waals surface area (Å²) in [6, 6.07) is 9.56. The van der Waals surface area contributed by atoms with E-state index >= 15 is 0 Å². The summed E-state index contributed by atoms with van der Waals surface area (Å²) in [6.45, 7) is 3.67. The van der Waals surface area contributed by atoms with Crippen LogP contribution < -0.4 is 19.7 Å². The summed E-state index contributed by atoms with van der Waals surface area (Å²) in [7, 11) is -3.86. The van der Waals surface area contributed by atoms with E-state index < -0.39 is 15.9 Å². The molecule has 0 bridgehead atoms. The molecule has 1 heterocycles. The van der Waals surface area contributed by atoms with Gasteiger partial charge < -0.3 is 9.47 Å². The van der Waals surface area contributed by atoms with Gasteiger partial charge in [-0.1, -0.05) is 17.7 Å². The van der Waals surface area contributed by atoms with Crippen LogP contribution in [0.1, 0.15) is 21.5 Å². The zero-order chi connectivity index (χ0) is 17.3. The molecule has 1 amide bonds. The Labute approximate surface area is 139 Å². The van der Waals surface area contributed by atoms with Crippen molar-refractivity contribution in [2.45, 2.75) is 18.7 Å². The van der Waals surface area contributed by atoms with Crippen LogP contribution >= 0.6 is 0 Å². The van der Waals surface area contributed by atoms with Crippen molar-refractivity contribution in [3.63, 3.8) is 0 Å². The number of hydrazine groups is 1. The second-order valence-electron chi connectivity index (χ2n) is 5.40. The van der Waals surface area contributed by atoms with Crippen molar-refractivity contribution < 1.29 is 22.7 Å². The Kier molecular flexibility index (Phi) is 4.16. The maximum atomic E-state index is 12.3. The van der Waals surface area contributed by atoms with Crippen LogP contribution in [0, 0.1) is 13.8 Å². The van der Waals surface area contributed by atoms with Gasteiger partial charge in [0.2, 0.25) is 6.79 Å². The summed E-state index contributed by atoms with van der Waals surface area (Å²) < 4.78 is 35.0. The van der Waals surface area contributed by atoms with Crippen molar-refractivity contribution >= 4 is 15.9 Å². The summed E-state index contributed by atoms with van der Waals surface area (Å²) >= 11 is 0. The minimum absolute atomic E-state index is 0.0970. The minimum atomic E-state index is -3.86. The minimum Gasteiger partial charge on any atom is -0.454 e. The maximum Gasteiger partial charge on any atom is 0.266 e. The maximum absolute atomic E-state index is 12.3. The van der Waals surface area contributed by atoms with Gasteiger partial charge in [0.25, 0.3) is 15.9 Å². The SMILES string of the molecule is Cc1ccc(S(=O)(=O)NNC(=O)c2ccc3c(c2)OCO3)c(C)c1. The molecule has 3 rings (SSSR count). The lowest BCUT2D eigenvalue weighted by Gasteiger charge is -2.11. The number of rotatable bonds is 4. The van der Waals surface area contributed by atoms with Crippen LogP contribution in [-0.2, 0) is 10.0 Å². The quantitative estimate of drug-likeness (QED) is 0.820. The highest BCUT2D eigenvalue weighted by atomic mass is 32.2. The molecule has 0 saturated carbocycles. The van der Waals surface area contributed by atoms with Gasteiger partial charge in [0, 0.05) is 5.56 Å². The first-order valence-corrected chi connectivity index (χ1v) is 8.64. The van der Waals surface area contributed by atoms with Crippen molar-refractivity contribution in [2.24, 2.45) is 0 Å². The van der Waals surface area contributed by atoms with Crippen LogP contribution in [0.5, 0.6) is 11.5 Å². The molecule has 7 nitrogen and oxygen atoms in total. The molecule has 0 atom stereocenters. The number of benzene rings is 2. The highest BCUT2D eigenvalue weighted by molar-refractivity contribution is 7.89. The fraction of sp³-hybridized carbons (Fsp3) is 0.188. The summed E-state index contributed by atoms with van der Waals surface area (Å²) in [5, 5.41) is 0. The van der Waals surface area contributed by atoms with E-state index in [9.17, 15) is 13.2 Å². The third-order valence-electron chi connectivity index (χ3n) is 3.55. The molecule has 1 aliphatic heterocycles. The average molecular weight is 348 g/mol. The first-order chi connectivity index (χ1) is 11.4. The fourth-order valence-electron chi connectivity index (χ4n) is 2.38. The Morgan fingerprint density at radius 1 is 1.04 bits per heavy atom. The standard InChI is InChI=1S/C16H16N2O5S/c1-10-3-6-15(11(2)7-10)24(20,21)18-17-16(19)12-4-5-13-14(8-12)23-9-22-13/h3-8,18H,9H2,1-2H3,(H,17,19). The molecular weight excluding hydrogens is 332 g/mol. The Morgan fingerprint density at radius 3 is 2.54 bits per heavy atom. The van der Waals surface area contributed by atoms with Crippen LogP contribution in [0.15, 0.2) is 41.3 Å². The van der Waals surface area contributed by atoms with Crippen molar-refractivity contribution in [2.75, 3.05) is 6.79 Å². The number of carbonyl (C=O) groups excluding carboxylic acids is 1. The average Bonchev–Trinajstić information content (AvgIpc) is 2.99. The summed E-state index contributed by atoms with van der Waals surface area (Å²) in [5.74, 6) is 0.393. The molecule has 0 radical (unpaired) electrons. The van der Waals surface area contributed by atoms with Gasteiger partial charge in [-0.2, -0.15) is 0 Å². The van der Waals surface area contributed by atoms with Crippen molar-refractivity contribution in [3.8, 4) is 11.5 Å². The summed E-state index contributed by atoms with van der Waals surface area (Å²) in [5.41, 5.74) is 4.00. The highest BCUT2D eigenvalue weighted by Gasteiger charge is 2.20. The second kappa shape index (κ2) is 6.14. The molecule has 126 valence electrons. The Bertz CT molecular complexity index is 909. The van der Waals surface area contributed by atoms with Gasteiger partial charge in [0.1, 0.15) is 0 Å². The monoisotopic (exact) mass is 348 g/mol. The van der Waals surface area contributed by atoms with E-state index in [0.29, 0.717) is 17.1 Å². The van der Waals surface area contributed by atoms with E-state index in [1.54, 1.807) is 25.1 Å². The molecule has 2 aromatic carbocycles. The molecule has 0 fully saturated rings. The van der Waals surface area contributed by atoms with Gasteiger partial charge in [-0.25, -0.2) is 8.42 Å². The lowest BCUT2D eigenvalue weighted by atomic mass is 10.2. The summed E-state index contributed by atoms with van der Waals surface area (Å²) in [6.07, 6.45) is 0. The molecule has 0 spiro atoms. The number of nitrogens with one attached hydrogen (secondary N) is 2. The predicted octanol–water partition coefficient (Wildman–Crippen LogP) is 1.66. The summed E-state index contributed by atoms with van der Waals surface area (Å²) in [4.78, 5) is 14.3. The number of amides is 1. The van der Waals surface area contributed by atoms with Crippen LogP contribution in [0.2, 0.25) is 0 Å². The molecule has 0 aromatic heterocycles. The first-order valence-electron chi connectivity index (χ1n) is 7.16.